The van der Waals surface area contributed by atoms with E-state index in [1.165, 1.54) is 16.2 Å². The minimum Gasteiger partial charge on any atom is -0.341 e. The first-order valence-corrected chi connectivity index (χ1v) is 6.99. The summed E-state index contributed by atoms with van der Waals surface area (Å²) in [7, 11) is 1.65. The highest BCUT2D eigenvalue weighted by Gasteiger charge is 2.34. The summed E-state index contributed by atoms with van der Waals surface area (Å²) < 4.78 is 0. The molecule has 0 N–H and O–H groups in total. The van der Waals surface area contributed by atoms with Crippen molar-refractivity contribution in [3.63, 3.8) is 0 Å². The van der Waals surface area contributed by atoms with Crippen molar-refractivity contribution in [1.82, 2.24) is 0 Å². The Bertz CT molecular complexity index is 782. The number of likely N-dealkylation sites (N-methyl/N-ethyl adjacent to an activating group) is 1. The minimum atomic E-state index is -0.455. The van der Waals surface area contributed by atoms with E-state index < -0.39 is 11.7 Å². The molecule has 2 aliphatic rings. The molecule has 4 nitrogen and oxygen atoms in total. The van der Waals surface area contributed by atoms with Crippen molar-refractivity contribution in [3.05, 3.63) is 53.6 Å². The van der Waals surface area contributed by atoms with Crippen LogP contribution in [0, 0.1) is 0 Å². The number of anilines is 3. The number of para-hydroxylation sites is 1. The van der Waals surface area contributed by atoms with Gasteiger partial charge in [-0.05, 0) is 36.2 Å². The highest BCUT2D eigenvalue weighted by molar-refractivity contribution is 6.52. The lowest BCUT2D eigenvalue weighted by Crippen LogP contribution is -2.24. The molecular formula is C17H14N2O2. The number of hydrogen-bond donors (Lipinski definition) is 0. The van der Waals surface area contributed by atoms with Crippen molar-refractivity contribution in [2.24, 2.45) is 0 Å². The third kappa shape index (κ3) is 1.62. The number of fused-ring (bicyclic) bond motifs is 2. The molecule has 0 aliphatic carbocycles. The first-order chi connectivity index (χ1) is 10.2. The molecule has 0 fully saturated rings. The van der Waals surface area contributed by atoms with Gasteiger partial charge in [0.1, 0.15) is 0 Å². The Morgan fingerprint density at radius 3 is 2.67 bits per heavy atom. The van der Waals surface area contributed by atoms with Crippen LogP contribution < -0.4 is 9.80 Å². The second kappa shape index (κ2) is 4.19. The quantitative estimate of drug-likeness (QED) is 0.753. The molecule has 0 unspecified atom stereocenters. The number of Topliss-reactive ketones (excluding diaryl/α,β-unsaturated/α-hetero) is 1. The molecule has 21 heavy (non-hydrogen) atoms. The molecular weight excluding hydrogens is 264 g/mol. The molecule has 0 bridgehead atoms. The number of carbonyl (C=O) groups is 2. The van der Waals surface area contributed by atoms with E-state index in [9.17, 15) is 9.59 Å². The van der Waals surface area contributed by atoms with Gasteiger partial charge in [-0.15, -0.1) is 0 Å². The Kier molecular flexibility index (Phi) is 2.42. The summed E-state index contributed by atoms with van der Waals surface area (Å²) >= 11 is 0. The van der Waals surface area contributed by atoms with Gasteiger partial charge in [0.25, 0.3) is 11.7 Å². The number of benzene rings is 2. The molecule has 1 amide bonds. The third-order valence-electron chi connectivity index (χ3n) is 4.29. The number of ketones is 1. The zero-order valence-corrected chi connectivity index (χ0v) is 11.7. The molecule has 104 valence electrons. The number of hydrogen-bond acceptors (Lipinski definition) is 3. The van der Waals surface area contributed by atoms with Crippen LogP contribution >= 0.6 is 0 Å². The SMILES string of the molecule is CN1C(=O)C(=O)c2ccc(N3CCc4ccccc43)cc21. The predicted molar refractivity (Wildman–Crippen MR) is 81.3 cm³/mol. The van der Waals surface area contributed by atoms with E-state index in [0.29, 0.717) is 11.3 Å². The number of carbonyl (C=O) groups excluding carboxylic acids is 2. The van der Waals surface area contributed by atoms with Crippen LogP contribution in [0.3, 0.4) is 0 Å². The van der Waals surface area contributed by atoms with Crippen LogP contribution in [0.25, 0.3) is 0 Å². The molecule has 2 aromatic carbocycles. The zero-order chi connectivity index (χ0) is 14.6. The van der Waals surface area contributed by atoms with Crippen LogP contribution in [0.15, 0.2) is 42.5 Å². The summed E-state index contributed by atoms with van der Waals surface area (Å²) in [4.78, 5) is 27.3. The number of rotatable bonds is 1. The average Bonchev–Trinajstić information content (AvgIpc) is 3.04. The van der Waals surface area contributed by atoms with Gasteiger partial charge in [-0.3, -0.25) is 9.59 Å². The highest BCUT2D eigenvalue weighted by Crippen LogP contribution is 2.38. The predicted octanol–water partition coefficient (Wildman–Crippen LogP) is 2.54. The topological polar surface area (TPSA) is 40.6 Å². The van der Waals surface area contributed by atoms with Crippen molar-refractivity contribution in [1.29, 1.82) is 0 Å². The van der Waals surface area contributed by atoms with Gasteiger partial charge in [-0.1, -0.05) is 18.2 Å². The molecule has 2 heterocycles. The van der Waals surface area contributed by atoms with Gasteiger partial charge in [0.05, 0.1) is 11.3 Å². The summed E-state index contributed by atoms with van der Waals surface area (Å²) in [6.07, 6.45) is 1.01. The van der Waals surface area contributed by atoms with Crippen molar-refractivity contribution in [2.75, 3.05) is 23.4 Å². The van der Waals surface area contributed by atoms with Crippen molar-refractivity contribution < 1.29 is 9.59 Å². The minimum absolute atomic E-state index is 0.416. The maximum absolute atomic E-state index is 11.8. The fraction of sp³-hybridized carbons (Fsp3) is 0.176. The molecule has 2 aromatic rings. The van der Waals surface area contributed by atoms with E-state index in [1.54, 1.807) is 13.1 Å². The maximum Gasteiger partial charge on any atom is 0.299 e. The van der Waals surface area contributed by atoms with Gasteiger partial charge in [0.2, 0.25) is 0 Å². The smallest absolute Gasteiger partial charge is 0.299 e. The van der Waals surface area contributed by atoms with E-state index in [4.69, 9.17) is 0 Å². The summed E-state index contributed by atoms with van der Waals surface area (Å²) in [6.45, 7) is 0.920. The molecule has 0 spiro atoms. The Balaban J connectivity index is 1.80. The monoisotopic (exact) mass is 278 g/mol. The van der Waals surface area contributed by atoms with Crippen molar-refractivity contribution in [3.8, 4) is 0 Å². The van der Waals surface area contributed by atoms with Gasteiger partial charge in [0, 0.05) is 25.0 Å². The Hall–Kier alpha value is -2.62. The summed E-state index contributed by atoms with van der Waals surface area (Å²) in [5.74, 6) is -0.871. The Labute approximate surface area is 122 Å². The van der Waals surface area contributed by atoms with Gasteiger partial charge in [-0.2, -0.15) is 0 Å². The summed E-state index contributed by atoms with van der Waals surface area (Å²) in [5.41, 5.74) is 4.76. The Morgan fingerprint density at radius 2 is 1.81 bits per heavy atom. The van der Waals surface area contributed by atoms with Gasteiger partial charge < -0.3 is 9.80 Å². The molecule has 4 heteroatoms. The largest absolute Gasteiger partial charge is 0.341 e. The zero-order valence-electron chi connectivity index (χ0n) is 11.7. The first kappa shape index (κ1) is 12.1. The normalized spacial score (nSPS) is 16.4. The second-order valence-corrected chi connectivity index (χ2v) is 5.43. The van der Waals surface area contributed by atoms with Gasteiger partial charge >= 0.3 is 0 Å². The lowest BCUT2D eigenvalue weighted by molar-refractivity contribution is -0.114. The van der Waals surface area contributed by atoms with Crippen LogP contribution in [-0.4, -0.2) is 25.3 Å². The first-order valence-electron chi connectivity index (χ1n) is 6.99. The van der Waals surface area contributed by atoms with Crippen molar-refractivity contribution >= 4 is 28.8 Å². The van der Waals surface area contributed by atoms with Crippen LogP contribution in [0.2, 0.25) is 0 Å². The molecule has 0 atom stereocenters. The van der Waals surface area contributed by atoms with Gasteiger partial charge in [-0.25, -0.2) is 0 Å². The van der Waals surface area contributed by atoms with Crippen LogP contribution in [0.5, 0.6) is 0 Å². The standard InChI is InChI=1S/C17H14N2O2/c1-18-15-10-12(6-7-13(15)16(20)17(18)21)19-9-8-11-4-2-3-5-14(11)19/h2-7,10H,8-9H2,1H3. The summed E-state index contributed by atoms with van der Waals surface area (Å²) in [6, 6.07) is 13.9. The second-order valence-electron chi connectivity index (χ2n) is 5.43. The molecule has 4 rings (SSSR count). The van der Waals surface area contributed by atoms with Crippen LogP contribution in [0.4, 0.5) is 17.1 Å². The summed E-state index contributed by atoms with van der Waals surface area (Å²) in [5, 5.41) is 0. The maximum atomic E-state index is 11.8. The third-order valence-corrected chi connectivity index (χ3v) is 4.29. The van der Waals surface area contributed by atoms with E-state index in [0.717, 1.165) is 18.7 Å². The van der Waals surface area contributed by atoms with Gasteiger partial charge in [0.15, 0.2) is 0 Å². The van der Waals surface area contributed by atoms with E-state index in [1.807, 2.05) is 18.2 Å². The van der Waals surface area contributed by atoms with E-state index in [-0.39, 0.29) is 0 Å². The molecule has 0 aromatic heterocycles. The molecule has 0 radical (unpaired) electrons. The number of nitrogens with zero attached hydrogens (tertiary/aromatic N) is 2. The Morgan fingerprint density at radius 1 is 1.00 bits per heavy atom. The fourth-order valence-corrected chi connectivity index (χ4v) is 3.14. The number of amides is 1. The van der Waals surface area contributed by atoms with E-state index in [2.05, 4.69) is 23.1 Å². The van der Waals surface area contributed by atoms with E-state index >= 15 is 0 Å². The highest BCUT2D eigenvalue weighted by atomic mass is 16.2. The fourth-order valence-electron chi connectivity index (χ4n) is 3.14. The molecule has 0 saturated heterocycles. The van der Waals surface area contributed by atoms with Crippen LogP contribution in [0.1, 0.15) is 15.9 Å². The van der Waals surface area contributed by atoms with Crippen molar-refractivity contribution in [2.45, 2.75) is 6.42 Å². The molecule has 2 aliphatic heterocycles. The molecule has 0 saturated carbocycles. The lowest BCUT2D eigenvalue weighted by atomic mass is 10.1. The lowest BCUT2D eigenvalue weighted by Gasteiger charge is -2.21. The average molecular weight is 278 g/mol. The van der Waals surface area contributed by atoms with Crippen LogP contribution in [-0.2, 0) is 11.2 Å².